The number of nitrogen functional groups attached to an aromatic ring is 1. The zero-order chi connectivity index (χ0) is 18.8. The topological polar surface area (TPSA) is 85.0 Å². The number of hydrogen-bond acceptors (Lipinski definition) is 5. The lowest BCUT2D eigenvalue weighted by atomic mass is 9.99. The van der Waals surface area contributed by atoms with E-state index in [4.69, 9.17) is 17.3 Å². The molecule has 2 aromatic heterocycles. The Morgan fingerprint density at radius 2 is 1.89 bits per heavy atom. The summed E-state index contributed by atoms with van der Waals surface area (Å²) < 4.78 is 0. The largest absolute Gasteiger partial charge is 0.368 e. The molecule has 1 atom stereocenters. The van der Waals surface area contributed by atoms with E-state index in [-0.39, 0.29) is 17.9 Å². The Morgan fingerprint density at radius 1 is 1.15 bits per heavy atom. The smallest absolute Gasteiger partial charge is 0.254 e. The van der Waals surface area contributed by atoms with E-state index in [9.17, 15) is 4.79 Å². The third kappa shape index (κ3) is 3.48. The van der Waals surface area contributed by atoms with Crippen LogP contribution in [0, 0.1) is 0 Å². The van der Waals surface area contributed by atoms with E-state index in [1.54, 1.807) is 30.7 Å². The fourth-order valence-corrected chi connectivity index (χ4v) is 3.60. The molecule has 0 saturated carbocycles. The first-order valence-corrected chi connectivity index (χ1v) is 9.10. The molecule has 3 aromatic rings. The Morgan fingerprint density at radius 3 is 2.63 bits per heavy atom. The van der Waals surface area contributed by atoms with Gasteiger partial charge in [-0.3, -0.25) is 9.78 Å². The van der Waals surface area contributed by atoms with Crippen molar-refractivity contribution >= 4 is 23.5 Å². The third-order valence-electron chi connectivity index (χ3n) is 4.75. The minimum absolute atomic E-state index is 0.0286. The van der Waals surface area contributed by atoms with Gasteiger partial charge >= 0.3 is 0 Å². The van der Waals surface area contributed by atoms with Crippen LogP contribution in [0.3, 0.4) is 0 Å². The molecule has 1 fully saturated rings. The van der Waals surface area contributed by atoms with Gasteiger partial charge in [-0.15, -0.1) is 0 Å². The number of carbonyl (C=O) groups excluding carboxylic acids is 1. The lowest BCUT2D eigenvalue weighted by Crippen LogP contribution is -2.31. The maximum Gasteiger partial charge on any atom is 0.254 e. The molecule has 3 heterocycles. The first-order chi connectivity index (χ1) is 13.1. The number of hydrogen-bond donors (Lipinski definition) is 1. The van der Waals surface area contributed by atoms with Crippen molar-refractivity contribution in [2.45, 2.75) is 18.9 Å². The number of anilines is 1. The van der Waals surface area contributed by atoms with Crippen LogP contribution in [0.15, 0.2) is 55.0 Å². The van der Waals surface area contributed by atoms with Gasteiger partial charge in [0.15, 0.2) is 0 Å². The predicted octanol–water partition coefficient (Wildman–Crippen LogP) is 3.75. The van der Waals surface area contributed by atoms with Gasteiger partial charge in [-0.1, -0.05) is 23.7 Å². The molecule has 4 rings (SSSR count). The molecule has 1 amide bonds. The molecule has 136 valence electrons. The van der Waals surface area contributed by atoms with Crippen LogP contribution in [0.1, 0.15) is 34.9 Å². The molecule has 6 nitrogen and oxygen atoms in total. The summed E-state index contributed by atoms with van der Waals surface area (Å²) >= 11 is 6.01. The number of benzene rings is 1. The molecule has 1 saturated heterocycles. The standard InChI is InChI=1S/C20H18ClN5O/c21-15-5-3-13(4-6-15)16-12-24-20(22)25-18(16)17-2-1-11-26(17)19(27)14-7-9-23-10-8-14/h3-10,12,17H,1-2,11H2,(H2,22,24,25)/t17-/m1/s1. The average molecular weight is 380 g/mol. The van der Waals surface area contributed by atoms with Crippen molar-refractivity contribution in [3.63, 3.8) is 0 Å². The molecule has 0 radical (unpaired) electrons. The van der Waals surface area contributed by atoms with E-state index >= 15 is 0 Å². The summed E-state index contributed by atoms with van der Waals surface area (Å²) in [6.45, 7) is 0.676. The molecule has 27 heavy (non-hydrogen) atoms. The predicted molar refractivity (Wildman–Crippen MR) is 104 cm³/mol. The van der Waals surface area contributed by atoms with Gasteiger partial charge in [-0.05, 0) is 42.7 Å². The third-order valence-corrected chi connectivity index (χ3v) is 5.00. The molecule has 1 aliphatic heterocycles. The van der Waals surface area contributed by atoms with E-state index in [1.807, 2.05) is 29.2 Å². The van der Waals surface area contributed by atoms with E-state index in [2.05, 4.69) is 15.0 Å². The van der Waals surface area contributed by atoms with Crippen LogP contribution in [-0.4, -0.2) is 32.3 Å². The summed E-state index contributed by atoms with van der Waals surface area (Å²) in [4.78, 5) is 27.5. The van der Waals surface area contributed by atoms with E-state index in [1.165, 1.54) is 0 Å². The fraction of sp³-hybridized carbons (Fsp3) is 0.200. The van der Waals surface area contributed by atoms with Gasteiger partial charge in [0.05, 0.1) is 11.7 Å². The Labute approximate surface area is 162 Å². The quantitative estimate of drug-likeness (QED) is 0.749. The second-order valence-electron chi connectivity index (χ2n) is 6.43. The maximum absolute atomic E-state index is 13.0. The lowest BCUT2D eigenvalue weighted by Gasteiger charge is -2.26. The van der Waals surface area contributed by atoms with Gasteiger partial charge in [0.2, 0.25) is 5.95 Å². The molecule has 7 heteroatoms. The van der Waals surface area contributed by atoms with Crippen LogP contribution in [0.25, 0.3) is 11.1 Å². The molecule has 0 unspecified atom stereocenters. The number of likely N-dealkylation sites (tertiary alicyclic amines) is 1. The van der Waals surface area contributed by atoms with Gasteiger partial charge < -0.3 is 10.6 Å². The number of halogens is 1. The summed E-state index contributed by atoms with van der Waals surface area (Å²) in [6.07, 6.45) is 6.70. The molecule has 0 bridgehead atoms. The fourth-order valence-electron chi connectivity index (χ4n) is 3.47. The normalized spacial score (nSPS) is 16.5. The minimum atomic E-state index is -0.151. The van der Waals surface area contributed by atoms with Gasteiger partial charge in [-0.25, -0.2) is 9.97 Å². The second-order valence-corrected chi connectivity index (χ2v) is 6.86. The van der Waals surface area contributed by atoms with Gasteiger partial charge in [0, 0.05) is 41.3 Å². The molecule has 1 aliphatic rings. The summed E-state index contributed by atoms with van der Waals surface area (Å²) in [6, 6.07) is 10.8. The van der Waals surface area contributed by atoms with Crippen LogP contribution < -0.4 is 5.73 Å². The Balaban J connectivity index is 1.74. The molecular formula is C20H18ClN5O. The van der Waals surface area contributed by atoms with E-state index < -0.39 is 0 Å². The first kappa shape index (κ1) is 17.4. The van der Waals surface area contributed by atoms with Crippen LogP contribution in [0.4, 0.5) is 5.95 Å². The summed E-state index contributed by atoms with van der Waals surface area (Å²) in [7, 11) is 0. The number of nitrogens with zero attached hydrogens (tertiary/aromatic N) is 4. The lowest BCUT2D eigenvalue weighted by molar-refractivity contribution is 0.0733. The van der Waals surface area contributed by atoms with E-state index in [0.717, 1.165) is 29.7 Å². The highest BCUT2D eigenvalue weighted by molar-refractivity contribution is 6.30. The Kier molecular flexibility index (Phi) is 4.73. The van der Waals surface area contributed by atoms with Gasteiger partial charge in [-0.2, -0.15) is 0 Å². The van der Waals surface area contributed by atoms with Crippen molar-refractivity contribution < 1.29 is 4.79 Å². The van der Waals surface area contributed by atoms with Crippen molar-refractivity contribution in [1.29, 1.82) is 0 Å². The minimum Gasteiger partial charge on any atom is -0.368 e. The number of rotatable bonds is 3. The van der Waals surface area contributed by atoms with Crippen LogP contribution in [-0.2, 0) is 0 Å². The molecular weight excluding hydrogens is 362 g/mol. The molecule has 0 aliphatic carbocycles. The highest BCUT2D eigenvalue weighted by atomic mass is 35.5. The van der Waals surface area contributed by atoms with Crippen molar-refractivity contribution in [2.75, 3.05) is 12.3 Å². The number of nitrogens with two attached hydrogens (primary N) is 1. The zero-order valence-corrected chi connectivity index (χ0v) is 15.3. The SMILES string of the molecule is Nc1ncc(-c2ccc(Cl)cc2)c([C@H]2CCCN2C(=O)c2ccncc2)n1. The second kappa shape index (κ2) is 7.32. The van der Waals surface area contributed by atoms with Crippen LogP contribution >= 0.6 is 11.6 Å². The van der Waals surface area contributed by atoms with Crippen molar-refractivity contribution in [3.8, 4) is 11.1 Å². The van der Waals surface area contributed by atoms with Crippen LogP contribution in [0.5, 0.6) is 0 Å². The monoisotopic (exact) mass is 379 g/mol. The number of aromatic nitrogens is 3. The molecule has 0 spiro atoms. The summed E-state index contributed by atoms with van der Waals surface area (Å²) in [5.41, 5.74) is 9.06. The molecule has 2 N–H and O–H groups in total. The summed E-state index contributed by atoms with van der Waals surface area (Å²) in [5.74, 6) is 0.171. The highest BCUT2D eigenvalue weighted by Gasteiger charge is 2.33. The van der Waals surface area contributed by atoms with Crippen molar-refractivity contribution in [1.82, 2.24) is 19.9 Å². The Hall–Kier alpha value is -2.99. The van der Waals surface area contributed by atoms with Gasteiger partial charge in [0.25, 0.3) is 5.91 Å². The summed E-state index contributed by atoms with van der Waals surface area (Å²) in [5, 5.41) is 0.659. The zero-order valence-electron chi connectivity index (χ0n) is 14.5. The van der Waals surface area contributed by atoms with E-state index in [0.29, 0.717) is 17.1 Å². The highest BCUT2D eigenvalue weighted by Crippen LogP contribution is 2.37. The van der Waals surface area contributed by atoms with Gasteiger partial charge in [0.1, 0.15) is 0 Å². The Bertz CT molecular complexity index is 962. The first-order valence-electron chi connectivity index (χ1n) is 8.73. The van der Waals surface area contributed by atoms with Crippen LogP contribution in [0.2, 0.25) is 5.02 Å². The van der Waals surface area contributed by atoms with Crippen molar-refractivity contribution in [2.24, 2.45) is 0 Å². The van der Waals surface area contributed by atoms with Crippen molar-refractivity contribution in [3.05, 3.63) is 71.3 Å². The number of amides is 1. The number of pyridine rings is 1. The average Bonchev–Trinajstić information content (AvgIpc) is 3.18. The maximum atomic E-state index is 13.0. The molecule has 1 aromatic carbocycles. The number of carbonyl (C=O) groups is 1.